The Labute approximate surface area is 112 Å². The normalized spacial score (nSPS) is 10.4. The second kappa shape index (κ2) is 5.31. The second-order valence-corrected chi connectivity index (χ2v) is 4.44. The largest absolute Gasteiger partial charge is 0.481 e. The van der Waals surface area contributed by atoms with Crippen molar-refractivity contribution in [3.63, 3.8) is 0 Å². The molecule has 0 saturated heterocycles. The molecule has 0 spiro atoms. The average Bonchev–Trinajstić information content (AvgIpc) is 2.62. The SMILES string of the molecule is COc1c(CNc2ccccc2Cl)c(C)nn1C. The topological polar surface area (TPSA) is 39.1 Å². The molecule has 0 fully saturated rings. The van der Waals surface area contributed by atoms with Crippen molar-refractivity contribution in [2.24, 2.45) is 7.05 Å². The molecule has 4 nitrogen and oxygen atoms in total. The van der Waals surface area contributed by atoms with Gasteiger partial charge in [-0.05, 0) is 19.1 Å². The standard InChI is InChI=1S/C13H16ClN3O/c1-9-10(13(18-3)17(2)16-9)8-15-12-7-5-4-6-11(12)14/h4-7,15H,8H2,1-3H3. The maximum atomic E-state index is 6.09. The molecular formula is C13H16ClN3O. The van der Waals surface area contributed by atoms with Gasteiger partial charge in [0.25, 0.3) is 0 Å². The van der Waals surface area contributed by atoms with Gasteiger partial charge in [-0.25, -0.2) is 4.68 Å². The average molecular weight is 266 g/mol. The number of anilines is 1. The monoisotopic (exact) mass is 265 g/mol. The van der Waals surface area contributed by atoms with Gasteiger partial charge in [0, 0.05) is 13.6 Å². The minimum absolute atomic E-state index is 0.632. The Morgan fingerprint density at radius 3 is 2.78 bits per heavy atom. The summed E-state index contributed by atoms with van der Waals surface area (Å²) in [6.07, 6.45) is 0. The molecular weight excluding hydrogens is 250 g/mol. The van der Waals surface area contributed by atoms with Crippen LogP contribution in [0.3, 0.4) is 0 Å². The van der Waals surface area contributed by atoms with Crippen molar-refractivity contribution in [2.45, 2.75) is 13.5 Å². The van der Waals surface area contributed by atoms with Crippen LogP contribution in [-0.2, 0) is 13.6 Å². The molecule has 0 aliphatic heterocycles. The van der Waals surface area contributed by atoms with E-state index in [0.29, 0.717) is 11.6 Å². The highest BCUT2D eigenvalue weighted by molar-refractivity contribution is 6.33. The van der Waals surface area contributed by atoms with Crippen LogP contribution in [0.5, 0.6) is 5.88 Å². The summed E-state index contributed by atoms with van der Waals surface area (Å²) in [7, 11) is 3.51. The quantitative estimate of drug-likeness (QED) is 0.924. The van der Waals surface area contributed by atoms with Crippen molar-refractivity contribution < 1.29 is 4.74 Å². The van der Waals surface area contributed by atoms with E-state index in [1.165, 1.54) is 0 Å². The first-order valence-corrected chi connectivity index (χ1v) is 6.06. The number of nitrogens with zero attached hydrogens (tertiary/aromatic N) is 2. The highest BCUT2D eigenvalue weighted by Crippen LogP contribution is 2.25. The van der Waals surface area contributed by atoms with E-state index in [1.807, 2.05) is 38.2 Å². The third kappa shape index (κ3) is 2.43. The Balaban J connectivity index is 2.18. The molecule has 0 unspecified atom stereocenters. The van der Waals surface area contributed by atoms with E-state index in [-0.39, 0.29) is 0 Å². The number of hydrogen-bond acceptors (Lipinski definition) is 3. The Hall–Kier alpha value is -1.68. The molecule has 1 aromatic carbocycles. The number of hydrogen-bond donors (Lipinski definition) is 1. The summed E-state index contributed by atoms with van der Waals surface area (Å²) in [5, 5.41) is 8.33. The summed E-state index contributed by atoms with van der Waals surface area (Å²) in [5.41, 5.74) is 2.90. The molecule has 1 aromatic heterocycles. The van der Waals surface area contributed by atoms with Gasteiger partial charge < -0.3 is 10.1 Å². The van der Waals surface area contributed by atoms with Crippen LogP contribution >= 0.6 is 11.6 Å². The molecule has 0 atom stereocenters. The number of aromatic nitrogens is 2. The maximum Gasteiger partial charge on any atom is 0.216 e. The number of nitrogens with one attached hydrogen (secondary N) is 1. The van der Waals surface area contributed by atoms with E-state index in [4.69, 9.17) is 16.3 Å². The summed E-state index contributed by atoms with van der Waals surface area (Å²) in [5.74, 6) is 0.770. The van der Waals surface area contributed by atoms with E-state index in [0.717, 1.165) is 22.8 Å². The number of ether oxygens (including phenoxy) is 1. The fraction of sp³-hybridized carbons (Fsp3) is 0.308. The zero-order chi connectivity index (χ0) is 13.1. The molecule has 0 aliphatic rings. The lowest BCUT2D eigenvalue weighted by molar-refractivity contribution is 0.370. The van der Waals surface area contributed by atoms with Crippen LogP contribution < -0.4 is 10.1 Å². The molecule has 0 bridgehead atoms. The fourth-order valence-corrected chi connectivity index (χ4v) is 2.13. The van der Waals surface area contributed by atoms with Crippen LogP contribution in [0.4, 0.5) is 5.69 Å². The van der Waals surface area contributed by atoms with Crippen LogP contribution in [0, 0.1) is 6.92 Å². The predicted molar refractivity (Wildman–Crippen MR) is 73.3 cm³/mol. The van der Waals surface area contributed by atoms with Crippen molar-refractivity contribution in [3.8, 4) is 5.88 Å². The number of para-hydroxylation sites is 1. The summed E-state index contributed by atoms with van der Waals surface area (Å²) in [6, 6.07) is 7.66. The first-order chi connectivity index (χ1) is 8.63. The lowest BCUT2D eigenvalue weighted by Crippen LogP contribution is -2.03. The van der Waals surface area contributed by atoms with Gasteiger partial charge in [0.2, 0.25) is 5.88 Å². The second-order valence-electron chi connectivity index (χ2n) is 4.03. The van der Waals surface area contributed by atoms with Crippen molar-refractivity contribution in [2.75, 3.05) is 12.4 Å². The molecule has 2 aromatic rings. The summed E-state index contributed by atoms with van der Waals surface area (Å²) in [4.78, 5) is 0. The predicted octanol–water partition coefficient (Wildman–Crippen LogP) is 3.00. The Morgan fingerprint density at radius 1 is 1.39 bits per heavy atom. The molecule has 2 rings (SSSR count). The van der Waals surface area contributed by atoms with Crippen LogP contribution in [0.2, 0.25) is 5.02 Å². The molecule has 1 N–H and O–H groups in total. The van der Waals surface area contributed by atoms with Gasteiger partial charge in [-0.2, -0.15) is 5.10 Å². The van der Waals surface area contributed by atoms with Gasteiger partial charge in [0.05, 0.1) is 29.1 Å². The summed E-state index contributed by atoms with van der Waals surface area (Å²) in [6.45, 7) is 2.60. The highest BCUT2D eigenvalue weighted by Gasteiger charge is 2.13. The number of methoxy groups -OCH3 is 1. The van der Waals surface area contributed by atoms with Gasteiger partial charge in [-0.15, -0.1) is 0 Å². The lowest BCUT2D eigenvalue weighted by Gasteiger charge is -2.09. The van der Waals surface area contributed by atoms with E-state index < -0.39 is 0 Å². The number of benzene rings is 1. The van der Waals surface area contributed by atoms with E-state index in [9.17, 15) is 0 Å². The Bertz CT molecular complexity index is 551. The molecule has 1 heterocycles. The molecule has 18 heavy (non-hydrogen) atoms. The van der Waals surface area contributed by atoms with Crippen LogP contribution in [-0.4, -0.2) is 16.9 Å². The van der Waals surface area contributed by atoms with Crippen LogP contribution in [0.25, 0.3) is 0 Å². The van der Waals surface area contributed by atoms with Crippen molar-refractivity contribution in [3.05, 3.63) is 40.5 Å². The van der Waals surface area contributed by atoms with Crippen LogP contribution in [0.15, 0.2) is 24.3 Å². The molecule has 0 aliphatic carbocycles. The fourth-order valence-electron chi connectivity index (χ4n) is 1.93. The first-order valence-electron chi connectivity index (χ1n) is 5.68. The minimum atomic E-state index is 0.632. The molecule has 0 radical (unpaired) electrons. The molecule has 5 heteroatoms. The van der Waals surface area contributed by atoms with Gasteiger partial charge in [-0.1, -0.05) is 23.7 Å². The minimum Gasteiger partial charge on any atom is -0.481 e. The van der Waals surface area contributed by atoms with Gasteiger partial charge in [0.1, 0.15) is 0 Å². The van der Waals surface area contributed by atoms with Gasteiger partial charge in [-0.3, -0.25) is 0 Å². The van der Waals surface area contributed by atoms with E-state index >= 15 is 0 Å². The number of aryl methyl sites for hydroxylation is 2. The first kappa shape index (κ1) is 12.8. The Kier molecular flexibility index (Phi) is 3.77. The van der Waals surface area contributed by atoms with Crippen molar-refractivity contribution >= 4 is 17.3 Å². The zero-order valence-corrected chi connectivity index (χ0v) is 11.5. The number of halogens is 1. The van der Waals surface area contributed by atoms with Crippen molar-refractivity contribution in [1.29, 1.82) is 0 Å². The molecule has 0 amide bonds. The summed E-state index contributed by atoms with van der Waals surface area (Å²) >= 11 is 6.09. The van der Waals surface area contributed by atoms with Crippen molar-refractivity contribution in [1.82, 2.24) is 9.78 Å². The van der Waals surface area contributed by atoms with E-state index in [1.54, 1.807) is 11.8 Å². The van der Waals surface area contributed by atoms with Gasteiger partial charge in [0.15, 0.2) is 0 Å². The summed E-state index contributed by atoms with van der Waals surface area (Å²) < 4.78 is 7.08. The molecule has 0 saturated carbocycles. The zero-order valence-electron chi connectivity index (χ0n) is 10.7. The molecule has 96 valence electrons. The highest BCUT2D eigenvalue weighted by atomic mass is 35.5. The lowest BCUT2D eigenvalue weighted by atomic mass is 10.2. The maximum absolute atomic E-state index is 6.09. The number of rotatable bonds is 4. The third-order valence-corrected chi connectivity index (χ3v) is 3.14. The van der Waals surface area contributed by atoms with Gasteiger partial charge >= 0.3 is 0 Å². The smallest absolute Gasteiger partial charge is 0.216 e. The Morgan fingerprint density at radius 2 is 2.11 bits per heavy atom. The van der Waals surface area contributed by atoms with Crippen LogP contribution in [0.1, 0.15) is 11.3 Å². The third-order valence-electron chi connectivity index (χ3n) is 2.81. The van der Waals surface area contributed by atoms with E-state index in [2.05, 4.69) is 10.4 Å².